The summed E-state index contributed by atoms with van der Waals surface area (Å²) in [5, 5.41) is 3.27. The molecule has 0 aromatic heterocycles. The molecule has 3 rings (SSSR count). The van der Waals surface area contributed by atoms with Gasteiger partial charge in [-0.2, -0.15) is 0 Å². The fraction of sp³-hybridized carbons (Fsp3) is 0.333. The number of hydrogen-bond donors (Lipinski definition) is 1. The molecule has 5 heteroatoms. The van der Waals surface area contributed by atoms with Crippen LogP contribution in [0, 0.1) is 17.5 Å². The van der Waals surface area contributed by atoms with Crippen molar-refractivity contribution in [1.29, 1.82) is 0 Å². The van der Waals surface area contributed by atoms with Crippen LogP contribution in [0.1, 0.15) is 29.9 Å². The van der Waals surface area contributed by atoms with E-state index in [4.69, 9.17) is 4.74 Å². The van der Waals surface area contributed by atoms with E-state index in [9.17, 15) is 13.2 Å². The highest BCUT2D eigenvalue weighted by molar-refractivity contribution is 5.33. The normalized spacial score (nSPS) is 15.6. The summed E-state index contributed by atoms with van der Waals surface area (Å²) in [6.07, 6.45) is 1.81. The summed E-state index contributed by atoms with van der Waals surface area (Å²) < 4.78 is 46.2. The predicted molar refractivity (Wildman–Crippen MR) is 81.9 cm³/mol. The maximum absolute atomic E-state index is 13.6. The first-order valence-corrected chi connectivity index (χ1v) is 7.71. The zero-order valence-corrected chi connectivity index (χ0v) is 12.6. The van der Waals surface area contributed by atoms with Crippen molar-refractivity contribution in [3.63, 3.8) is 0 Å². The van der Waals surface area contributed by atoms with Crippen LogP contribution < -0.4 is 10.1 Å². The highest BCUT2D eigenvalue weighted by atomic mass is 19.1. The first-order chi connectivity index (χ1) is 11.1. The molecule has 0 unspecified atom stereocenters. The number of ether oxygens (including phenoxy) is 1. The number of piperidine rings is 1. The van der Waals surface area contributed by atoms with Crippen molar-refractivity contribution < 1.29 is 17.9 Å². The Morgan fingerprint density at radius 2 is 1.70 bits per heavy atom. The highest BCUT2D eigenvalue weighted by Crippen LogP contribution is 2.30. The molecule has 1 fully saturated rings. The molecule has 0 spiro atoms. The van der Waals surface area contributed by atoms with E-state index in [-0.39, 0.29) is 18.3 Å². The standard InChI is InChI=1S/C18H18F3NO/c19-14-5-4-13(15(10-14)12-6-8-22-9-7-12)11-23-18-16(20)2-1-3-17(18)21/h1-5,10,12,22H,6-9,11H2. The van der Waals surface area contributed by atoms with Crippen molar-refractivity contribution >= 4 is 0 Å². The molecule has 1 heterocycles. The largest absolute Gasteiger partial charge is 0.483 e. The molecule has 1 saturated heterocycles. The first-order valence-electron chi connectivity index (χ1n) is 7.71. The zero-order chi connectivity index (χ0) is 16.2. The smallest absolute Gasteiger partial charge is 0.191 e. The maximum atomic E-state index is 13.6. The van der Waals surface area contributed by atoms with Gasteiger partial charge in [-0.25, -0.2) is 13.2 Å². The molecule has 1 aliphatic rings. The summed E-state index contributed by atoms with van der Waals surface area (Å²) in [4.78, 5) is 0. The molecule has 0 aliphatic carbocycles. The van der Waals surface area contributed by atoms with Crippen LogP contribution in [0.3, 0.4) is 0 Å². The Hall–Kier alpha value is -2.01. The van der Waals surface area contributed by atoms with Crippen LogP contribution in [0.25, 0.3) is 0 Å². The minimum atomic E-state index is -0.740. The van der Waals surface area contributed by atoms with Gasteiger partial charge in [0.05, 0.1) is 0 Å². The molecule has 0 atom stereocenters. The number of nitrogens with one attached hydrogen (secondary N) is 1. The number of halogens is 3. The average Bonchev–Trinajstić information content (AvgIpc) is 2.56. The van der Waals surface area contributed by atoms with Crippen LogP contribution in [0.4, 0.5) is 13.2 Å². The van der Waals surface area contributed by atoms with Gasteiger partial charge >= 0.3 is 0 Å². The van der Waals surface area contributed by atoms with E-state index in [1.54, 1.807) is 6.07 Å². The van der Waals surface area contributed by atoms with Crippen LogP contribution in [0.15, 0.2) is 36.4 Å². The summed E-state index contributed by atoms with van der Waals surface area (Å²) in [6.45, 7) is 1.77. The summed E-state index contributed by atoms with van der Waals surface area (Å²) in [6, 6.07) is 8.07. The van der Waals surface area contributed by atoms with Crippen molar-refractivity contribution in [1.82, 2.24) is 5.32 Å². The van der Waals surface area contributed by atoms with E-state index < -0.39 is 17.4 Å². The second-order valence-electron chi connectivity index (χ2n) is 5.71. The Morgan fingerprint density at radius 3 is 2.39 bits per heavy atom. The monoisotopic (exact) mass is 321 g/mol. The SMILES string of the molecule is Fc1ccc(COc2c(F)cccc2F)c(C2CCNCC2)c1. The Kier molecular flexibility index (Phi) is 4.86. The van der Waals surface area contributed by atoms with Crippen molar-refractivity contribution in [2.24, 2.45) is 0 Å². The van der Waals surface area contributed by atoms with E-state index >= 15 is 0 Å². The predicted octanol–water partition coefficient (Wildman–Crippen LogP) is 4.15. The Labute approximate surface area is 133 Å². The van der Waals surface area contributed by atoms with Gasteiger partial charge in [-0.15, -0.1) is 0 Å². The van der Waals surface area contributed by atoms with Gasteiger partial charge in [0.1, 0.15) is 12.4 Å². The molecule has 0 bridgehead atoms. The zero-order valence-electron chi connectivity index (χ0n) is 12.6. The van der Waals surface area contributed by atoms with Crippen molar-refractivity contribution in [2.75, 3.05) is 13.1 Å². The van der Waals surface area contributed by atoms with Gasteiger partial charge in [0.2, 0.25) is 0 Å². The Bertz CT molecular complexity index is 664. The van der Waals surface area contributed by atoms with Gasteiger partial charge in [0, 0.05) is 0 Å². The first kappa shape index (κ1) is 15.9. The number of para-hydroxylation sites is 1. The van der Waals surface area contributed by atoms with Gasteiger partial charge in [-0.1, -0.05) is 12.1 Å². The van der Waals surface area contributed by atoms with Gasteiger partial charge in [-0.05, 0) is 67.2 Å². The molecule has 0 radical (unpaired) electrons. The molecule has 1 N–H and O–H groups in total. The van der Waals surface area contributed by atoms with Crippen molar-refractivity contribution in [2.45, 2.75) is 25.4 Å². The fourth-order valence-corrected chi connectivity index (χ4v) is 2.98. The van der Waals surface area contributed by atoms with E-state index in [2.05, 4.69) is 5.32 Å². The summed E-state index contributed by atoms with van der Waals surface area (Å²) in [5.74, 6) is -1.95. The number of hydrogen-bond acceptors (Lipinski definition) is 2. The second-order valence-corrected chi connectivity index (χ2v) is 5.71. The summed E-state index contributed by atoms with van der Waals surface area (Å²) in [7, 11) is 0. The van der Waals surface area contributed by atoms with Crippen LogP contribution in [0.2, 0.25) is 0 Å². The lowest BCUT2D eigenvalue weighted by Gasteiger charge is -2.25. The molecule has 2 nitrogen and oxygen atoms in total. The van der Waals surface area contributed by atoms with Gasteiger partial charge in [0.25, 0.3) is 0 Å². The topological polar surface area (TPSA) is 21.3 Å². The third kappa shape index (κ3) is 3.67. The molecule has 2 aromatic carbocycles. The number of benzene rings is 2. The molecule has 0 amide bonds. The van der Waals surface area contributed by atoms with E-state index in [0.29, 0.717) is 0 Å². The van der Waals surface area contributed by atoms with Crippen LogP contribution in [0.5, 0.6) is 5.75 Å². The van der Waals surface area contributed by atoms with E-state index in [1.807, 2.05) is 0 Å². The molecule has 122 valence electrons. The third-order valence-corrected chi connectivity index (χ3v) is 4.18. The molecular weight excluding hydrogens is 303 g/mol. The summed E-state index contributed by atoms with van der Waals surface area (Å²) in [5.41, 5.74) is 1.63. The number of rotatable bonds is 4. The van der Waals surface area contributed by atoms with Crippen molar-refractivity contribution in [3.05, 3.63) is 65.0 Å². The van der Waals surface area contributed by atoms with Gasteiger partial charge in [-0.3, -0.25) is 0 Å². The Balaban J connectivity index is 1.82. The molecule has 2 aromatic rings. The minimum Gasteiger partial charge on any atom is -0.483 e. The summed E-state index contributed by atoms with van der Waals surface area (Å²) >= 11 is 0. The second kappa shape index (κ2) is 7.04. The lowest BCUT2D eigenvalue weighted by molar-refractivity contribution is 0.271. The quantitative estimate of drug-likeness (QED) is 0.913. The van der Waals surface area contributed by atoms with Crippen LogP contribution in [-0.2, 0) is 6.61 Å². The van der Waals surface area contributed by atoms with Crippen LogP contribution in [-0.4, -0.2) is 13.1 Å². The third-order valence-electron chi connectivity index (χ3n) is 4.18. The minimum absolute atomic E-state index is 0.0113. The van der Waals surface area contributed by atoms with E-state index in [1.165, 1.54) is 18.2 Å². The highest BCUT2D eigenvalue weighted by Gasteiger charge is 2.20. The molecule has 1 aliphatic heterocycles. The van der Waals surface area contributed by atoms with Gasteiger partial charge in [0.15, 0.2) is 17.4 Å². The fourth-order valence-electron chi connectivity index (χ4n) is 2.98. The molecule has 0 saturated carbocycles. The van der Waals surface area contributed by atoms with Crippen LogP contribution >= 0.6 is 0 Å². The average molecular weight is 321 g/mol. The van der Waals surface area contributed by atoms with E-state index in [0.717, 1.165) is 49.2 Å². The molecular formula is C18H18F3NO. The van der Waals surface area contributed by atoms with Gasteiger partial charge < -0.3 is 10.1 Å². The lowest BCUT2D eigenvalue weighted by atomic mass is 9.87. The lowest BCUT2D eigenvalue weighted by Crippen LogP contribution is -2.27. The molecule has 23 heavy (non-hydrogen) atoms. The Morgan fingerprint density at radius 1 is 1.00 bits per heavy atom. The van der Waals surface area contributed by atoms with Crippen molar-refractivity contribution in [3.8, 4) is 5.75 Å². The maximum Gasteiger partial charge on any atom is 0.191 e.